The smallest absolute Gasteiger partial charge is 0.264 e. The molecule has 0 radical (unpaired) electrons. The Morgan fingerprint density at radius 3 is 2.52 bits per heavy atom. The van der Waals surface area contributed by atoms with Crippen LogP contribution in [-0.2, 0) is 17.8 Å². The molecule has 2 heterocycles. The monoisotopic (exact) mass is 399 g/mol. The van der Waals surface area contributed by atoms with Gasteiger partial charge in [-0.1, -0.05) is 65.7 Å². The van der Waals surface area contributed by atoms with E-state index in [-0.39, 0.29) is 18.2 Å². The van der Waals surface area contributed by atoms with Crippen LogP contribution in [0.3, 0.4) is 0 Å². The summed E-state index contributed by atoms with van der Waals surface area (Å²) in [6.45, 7) is 0.442. The van der Waals surface area contributed by atoms with E-state index in [2.05, 4.69) is 5.10 Å². The van der Waals surface area contributed by atoms with Gasteiger partial charge in [0, 0.05) is 12.6 Å². The van der Waals surface area contributed by atoms with Crippen LogP contribution in [0.15, 0.2) is 48.5 Å². The molecule has 1 aliphatic heterocycles. The number of imide groups is 1. The van der Waals surface area contributed by atoms with Gasteiger partial charge in [0.05, 0.1) is 40.0 Å². The second kappa shape index (κ2) is 6.83. The molecule has 2 amide bonds. The van der Waals surface area contributed by atoms with Gasteiger partial charge >= 0.3 is 0 Å². The molecule has 5 nitrogen and oxygen atoms in total. The van der Waals surface area contributed by atoms with E-state index >= 15 is 0 Å². The van der Waals surface area contributed by atoms with Gasteiger partial charge in [-0.2, -0.15) is 5.10 Å². The zero-order chi connectivity index (χ0) is 19.1. The number of hydrogen-bond acceptors (Lipinski definition) is 3. The molecule has 0 N–H and O–H groups in total. The van der Waals surface area contributed by atoms with E-state index in [1.165, 1.54) is 7.05 Å². The van der Waals surface area contributed by atoms with Crippen LogP contribution < -0.4 is 0 Å². The highest BCUT2D eigenvalue weighted by Crippen LogP contribution is 2.38. The average Bonchev–Trinajstić information content (AvgIpc) is 3.00. The fourth-order valence-corrected chi connectivity index (χ4v) is 3.62. The maximum absolute atomic E-state index is 12.9. The molecule has 0 atom stereocenters. The highest BCUT2D eigenvalue weighted by molar-refractivity contribution is 6.43. The number of carbonyl (C=O) groups excluding carboxylic acids is 2. The first-order chi connectivity index (χ1) is 13.0. The molecule has 4 rings (SSSR count). The molecule has 0 saturated heterocycles. The summed E-state index contributed by atoms with van der Waals surface area (Å²) in [5.74, 6) is -0.660. The zero-order valence-corrected chi connectivity index (χ0v) is 16.0. The molecule has 1 aliphatic rings. The van der Waals surface area contributed by atoms with Crippen molar-refractivity contribution in [2.24, 2.45) is 0 Å². The van der Waals surface area contributed by atoms with Crippen molar-refractivity contribution in [1.29, 1.82) is 0 Å². The predicted molar refractivity (Wildman–Crippen MR) is 104 cm³/mol. The van der Waals surface area contributed by atoms with Gasteiger partial charge in [-0.05, 0) is 11.6 Å². The molecule has 0 aliphatic carbocycles. The minimum Gasteiger partial charge on any atom is -0.281 e. The first-order valence-corrected chi connectivity index (χ1v) is 9.12. The van der Waals surface area contributed by atoms with Crippen LogP contribution in [0, 0.1) is 0 Å². The van der Waals surface area contributed by atoms with Gasteiger partial charge in [0.25, 0.3) is 5.91 Å². The predicted octanol–water partition coefficient (Wildman–Crippen LogP) is 4.06. The van der Waals surface area contributed by atoms with Crippen LogP contribution in [-0.4, -0.2) is 33.5 Å². The van der Waals surface area contributed by atoms with Gasteiger partial charge in [0.1, 0.15) is 0 Å². The summed E-state index contributed by atoms with van der Waals surface area (Å²) in [5, 5.41) is 5.32. The number of fused-ring (bicyclic) bond motifs is 1. The van der Waals surface area contributed by atoms with Gasteiger partial charge < -0.3 is 0 Å². The van der Waals surface area contributed by atoms with Crippen molar-refractivity contribution in [1.82, 2.24) is 14.7 Å². The van der Waals surface area contributed by atoms with Crippen molar-refractivity contribution in [3.63, 3.8) is 0 Å². The van der Waals surface area contributed by atoms with Gasteiger partial charge in [-0.3, -0.25) is 19.2 Å². The molecule has 0 saturated carbocycles. The van der Waals surface area contributed by atoms with Crippen molar-refractivity contribution in [3.05, 3.63) is 75.4 Å². The zero-order valence-electron chi connectivity index (χ0n) is 14.4. The molecule has 0 unspecified atom stereocenters. The van der Waals surface area contributed by atoms with Crippen LogP contribution >= 0.6 is 23.2 Å². The Morgan fingerprint density at radius 2 is 1.78 bits per heavy atom. The standard InChI is InChI=1S/C20H15Cl2N3O2/c1-24-16(26)10-15-17(20(24)27)19(13-8-5-9-14(21)18(13)22)25(23-15)11-12-6-3-2-4-7-12/h2-9H,10-11H2,1H3. The molecule has 7 heteroatoms. The Balaban J connectivity index is 1.95. The summed E-state index contributed by atoms with van der Waals surface area (Å²) < 4.78 is 1.72. The van der Waals surface area contributed by atoms with E-state index < -0.39 is 0 Å². The topological polar surface area (TPSA) is 55.2 Å². The number of rotatable bonds is 3. The minimum absolute atomic E-state index is 0.0740. The summed E-state index contributed by atoms with van der Waals surface area (Å²) in [6, 6.07) is 15.0. The van der Waals surface area contributed by atoms with Crippen LogP contribution in [0.5, 0.6) is 0 Å². The van der Waals surface area contributed by atoms with E-state index in [9.17, 15) is 9.59 Å². The second-order valence-electron chi connectivity index (χ2n) is 6.35. The Labute approximate surface area is 166 Å². The lowest BCUT2D eigenvalue weighted by molar-refractivity contribution is -0.127. The summed E-state index contributed by atoms with van der Waals surface area (Å²) in [6.07, 6.45) is 0.0740. The molecule has 0 spiro atoms. The number of hydrogen-bond donors (Lipinski definition) is 0. The van der Waals surface area contributed by atoms with Crippen LogP contribution in [0.25, 0.3) is 11.3 Å². The van der Waals surface area contributed by atoms with E-state index in [1.54, 1.807) is 22.9 Å². The number of amides is 2. The van der Waals surface area contributed by atoms with E-state index in [1.807, 2.05) is 30.3 Å². The first-order valence-electron chi connectivity index (χ1n) is 8.36. The number of carbonyl (C=O) groups is 2. The van der Waals surface area contributed by atoms with Crippen molar-refractivity contribution in [2.45, 2.75) is 13.0 Å². The van der Waals surface area contributed by atoms with Gasteiger partial charge in [0.15, 0.2) is 0 Å². The van der Waals surface area contributed by atoms with Gasteiger partial charge in [0.2, 0.25) is 5.91 Å². The molecule has 0 fully saturated rings. The normalized spacial score (nSPS) is 13.8. The lowest BCUT2D eigenvalue weighted by atomic mass is 10.00. The maximum atomic E-state index is 12.9. The van der Waals surface area contributed by atoms with Crippen molar-refractivity contribution < 1.29 is 9.59 Å². The summed E-state index contributed by atoms with van der Waals surface area (Å²) in [4.78, 5) is 26.1. The summed E-state index contributed by atoms with van der Waals surface area (Å²) in [7, 11) is 1.48. The van der Waals surface area contributed by atoms with Crippen molar-refractivity contribution in [2.75, 3.05) is 7.05 Å². The quantitative estimate of drug-likeness (QED) is 0.623. The highest BCUT2D eigenvalue weighted by atomic mass is 35.5. The van der Waals surface area contributed by atoms with Crippen LogP contribution in [0.2, 0.25) is 10.0 Å². The number of halogens is 2. The minimum atomic E-state index is -0.383. The van der Waals surface area contributed by atoms with Crippen LogP contribution in [0.1, 0.15) is 21.6 Å². The van der Waals surface area contributed by atoms with E-state index in [4.69, 9.17) is 23.2 Å². The molecule has 1 aromatic heterocycles. The lowest BCUT2D eigenvalue weighted by Gasteiger charge is -2.21. The fraction of sp³-hybridized carbons (Fsp3) is 0.150. The van der Waals surface area contributed by atoms with Gasteiger partial charge in [-0.15, -0.1) is 0 Å². The van der Waals surface area contributed by atoms with E-state index in [0.29, 0.717) is 39.1 Å². The molecule has 0 bridgehead atoms. The number of likely N-dealkylation sites (N-methyl/N-ethyl adjacent to an activating group) is 1. The Kier molecular flexibility index (Phi) is 4.50. The highest BCUT2D eigenvalue weighted by Gasteiger charge is 2.35. The Bertz CT molecular complexity index is 1060. The largest absolute Gasteiger partial charge is 0.281 e. The third kappa shape index (κ3) is 3.03. The lowest BCUT2D eigenvalue weighted by Crippen LogP contribution is -2.39. The van der Waals surface area contributed by atoms with Gasteiger partial charge in [-0.25, -0.2) is 0 Å². The number of nitrogens with zero attached hydrogens (tertiary/aromatic N) is 3. The summed E-state index contributed by atoms with van der Waals surface area (Å²) >= 11 is 12.7. The third-order valence-electron chi connectivity index (χ3n) is 4.62. The second-order valence-corrected chi connectivity index (χ2v) is 7.13. The maximum Gasteiger partial charge on any atom is 0.264 e. The van der Waals surface area contributed by atoms with E-state index in [0.717, 1.165) is 10.5 Å². The van der Waals surface area contributed by atoms with Crippen LogP contribution in [0.4, 0.5) is 0 Å². The molecule has 2 aromatic carbocycles. The molecule has 3 aromatic rings. The fourth-order valence-electron chi connectivity index (χ4n) is 3.23. The Morgan fingerprint density at radius 1 is 1.04 bits per heavy atom. The van der Waals surface area contributed by atoms with Crippen molar-refractivity contribution >= 4 is 35.0 Å². The first kappa shape index (κ1) is 17.8. The number of aromatic nitrogens is 2. The molecule has 27 heavy (non-hydrogen) atoms. The molecular formula is C20H15Cl2N3O2. The molecule has 136 valence electrons. The number of benzene rings is 2. The SMILES string of the molecule is CN1C(=O)Cc2nn(Cc3ccccc3)c(-c3cccc(Cl)c3Cl)c2C1=O. The molecular weight excluding hydrogens is 385 g/mol. The summed E-state index contributed by atoms with van der Waals surface area (Å²) in [5.41, 5.74) is 3.07. The van der Waals surface area contributed by atoms with Crippen molar-refractivity contribution in [3.8, 4) is 11.3 Å². The Hall–Kier alpha value is -2.63. The average molecular weight is 400 g/mol. The third-order valence-corrected chi connectivity index (χ3v) is 5.44.